The molecule has 0 saturated carbocycles. The third-order valence-corrected chi connectivity index (χ3v) is 5.09. The standard InChI is InChI=1S/C19H14N4O4S/c1-10-6-7-13-14(8-10)28-19(20-13)21-15(24)9-23-17(25)12-5-3-2-4-11(12)16(22-23)18(26)27/h2-8H,9H2,1H3,(H,26,27)(H,20,21,24). The van der Waals surface area contributed by atoms with Crippen LogP contribution in [-0.2, 0) is 11.3 Å². The lowest BCUT2D eigenvalue weighted by molar-refractivity contribution is -0.117. The number of thiazole rings is 1. The van der Waals surface area contributed by atoms with Gasteiger partial charge < -0.3 is 10.4 Å². The van der Waals surface area contributed by atoms with Crippen molar-refractivity contribution in [3.8, 4) is 0 Å². The van der Waals surface area contributed by atoms with Gasteiger partial charge in [-0.15, -0.1) is 0 Å². The number of carbonyl (C=O) groups excluding carboxylic acids is 1. The van der Waals surface area contributed by atoms with Crippen molar-refractivity contribution in [2.45, 2.75) is 13.5 Å². The molecule has 0 saturated heterocycles. The second-order valence-corrected chi connectivity index (χ2v) is 7.23. The number of anilines is 1. The van der Waals surface area contributed by atoms with Crippen molar-refractivity contribution in [3.05, 3.63) is 64.1 Å². The number of nitrogens with zero attached hydrogens (tertiary/aromatic N) is 3. The smallest absolute Gasteiger partial charge is 0.357 e. The SMILES string of the molecule is Cc1ccc2nc(NC(=O)Cn3nc(C(=O)O)c4ccccc4c3=O)sc2c1. The van der Waals surface area contributed by atoms with Gasteiger partial charge in [-0.25, -0.2) is 14.5 Å². The number of benzene rings is 2. The second kappa shape index (κ2) is 6.86. The molecule has 8 nitrogen and oxygen atoms in total. The lowest BCUT2D eigenvalue weighted by atomic mass is 10.1. The fourth-order valence-corrected chi connectivity index (χ4v) is 3.86. The van der Waals surface area contributed by atoms with Gasteiger partial charge in [0.2, 0.25) is 5.91 Å². The van der Waals surface area contributed by atoms with Crippen molar-refractivity contribution >= 4 is 49.3 Å². The summed E-state index contributed by atoms with van der Waals surface area (Å²) in [5, 5.41) is 16.7. The molecule has 28 heavy (non-hydrogen) atoms. The molecule has 0 bridgehead atoms. The van der Waals surface area contributed by atoms with E-state index in [1.807, 2.05) is 25.1 Å². The number of carboxylic acid groups (broad SMARTS) is 1. The molecule has 0 radical (unpaired) electrons. The molecule has 0 aliphatic carbocycles. The number of carbonyl (C=O) groups is 2. The number of aryl methyl sites for hydroxylation is 1. The van der Waals surface area contributed by atoms with Crippen LogP contribution in [0.2, 0.25) is 0 Å². The first-order valence-electron chi connectivity index (χ1n) is 8.32. The zero-order valence-electron chi connectivity index (χ0n) is 14.7. The summed E-state index contributed by atoms with van der Waals surface area (Å²) in [6, 6.07) is 12.0. The first-order chi connectivity index (χ1) is 13.4. The fraction of sp³-hybridized carbons (Fsp3) is 0.105. The van der Waals surface area contributed by atoms with Gasteiger partial charge in [-0.2, -0.15) is 5.10 Å². The Kier molecular flexibility index (Phi) is 4.36. The summed E-state index contributed by atoms with van der Waals surface area (Å²) in [7, 11) is 0. The molecule has 9 heteroatoms. The van der Waals surface area contributed by atoms with Crippen molar-refractivity contribution < 1.29 is 14.7 Å². The first-order valence-corrected chi connectivity index (χ1v) is 9.14. The van der Waals surface area contributed by atoms with Gasteiger partial charge in [0.05, 0.1) is 15.6 Å². The van der Waals surface area contributed by atoms with E-state index < -0.39 is 24.0 Å². The molecule has 140 valence electrons. The number of nitrogens with one attached hydrogen (secondary N) is 1. The van der Waals surface area contributed by atoms with E-state index in [-0.39, 0.29) is 16.5 Å². The highest BCUT2D eigenvalue weighted by Gasteiger charge is 2.17. The van der Waals surface area contributed by atoms with Crippen LogP contribution in [0, 0.1) is 6.92 Å². The average molecular weight is 394 g/mol. The van der Waals surface area contributed by atoms with Gasteiger partial charge in [0, 0.05) is 5.39 Å². The maximum absolute atomic E-state index is 12.6. The van der Waals surface area contributed by atoms with E-state index in [9.17, 15) is 19.5 Å². The normalized spacial score (nSPS) is 11.0. The van der Waals surface area contributed by atoms with E-state index in [1.165, 1.54) is 23.5 Å². The molecular weight excluding hydrogens is 380 g/mol. The number of fused-ring (bicyclic) bond motifs is 2. The number of rotatable bonds is 4. The van der Waals surface area contributed by atoms with Crippen molar-refractivity contribution in [2.24, 2.45) is 0 Å². The number of aromatic nitrogens is 3. The molecule has 2 aromatic carbocycles. The van der Waals surface area contributed by atoms with Crippen molar-refractivity contribution in [1.29, 1.82) is 0 Å². The first kappa shape index (κ1) is 17.8. The van der Waals surface area contributed by atoms with Crippen LogP contribution in [0.1, 0.15) is 16.1 Å². The minimum atomic E-state index is -1.27. The van der Waals surface area contributed by atoms with Crippen LogP contribution in [0.3, 0.4) is 0 Å². The molecule has 0 atom stereocenters. The quantitative estimate of drug-likeness (QED) is 0.550. The van der Waals surface area contributed by atoms with Crippen LogP contribution in [-0.4, -0.2) is 31.7 Å². The van der Waals surface area contributed by atoms with Crippen LogP contribution in [0.4, 0.5) is 5.13 Å². The zero-order valence-corrected chi connectivity index (χ0v) is 15.5. The predicted octanol–water partition coefficient (Wildman–Crippen LogP) is 2.65. The average Bonchev–Trinajstić information content (AvgIpc) is 3.05. The predicted molar refractivity (Wildman–Crippen MR) is 106 cm³/mol. The van der Waals surface area contributed by atoms with E-state index >= 15 is 0 Å². The Balaban J connectivity index is 1.65. The fourth-order valence-electron chi connectivity index (χ4n) is 2.88. The van der Waals surface area contributed by atoms with E-state index in [0.717, 1.165) is 20.5 Å². The second-order valence-electron chi connectivity index (χ2n) is 6.20. The van der Waals surface area contributed by atoms with Crippen LogP contribution in [0.15, 0.2) is 47.3 Å². The Morgan fingerprint density at radius 1 is 1.18 bits per heavy atom. The van der Waals surface area contributed by atoms with E-state index in [2.05, 4.69) is 15.4 Å². The molecule has 1 amide bonds. The van der Waals surface area contributed by atoms with Crippen molar-refractivity contribution in [2.75, 3.05) is 5.32 Å². The highest BCUT2D eigenvalue weighted by Crippen LogP contribution is 2.26. The third kappa shape index (κ3) is 3.23. The molecule has 2 aromatic heterocycles. The molecule has 0 aliphatic heterocycles. The number of hydrogen-bond acceptors (Lipinski definition) is 6. The van der Waals surface area contributed by atoms with Gasteiger partial charge in [-0.1, -0.05) is 35.6 Å². The lowest BCUT2D eigenvalue weighted by Crippen LogP contribution is -2.31. The Bertz CT molecular complexity index is 1310. The Labute approximate surface area is 162 Å². The Morgan fingerprint density at radius 3 is 2.68 bits per heavy atom. The molecule has 0 aliphatic rings. The highest BCUT2D eigenvalue weighted by atomic mass is 32.1. The molecule has 4 rings (SSSR count). The van der Waals surface area contributed by atoms with Crippen LogP contribution < -0.4 is 10.9 Å². The molecule has 2 heterocycles. The summed E-state index contributed by atoms with van der Waals surface area (Å²) < 4.78 is 1.79. The third-order valence-electron chi connectivity index (χ3n) is 4.15. The molecule has 0 unspecified atom stereocenters. The van der Waals surface area contributed by atoms with E-state index in [4.69, 9.17) is 0 Å². The number of hydrogen-bond donors (Lipinski definition) is 2. The number of aromatic carboxylic acids is 1. The number of amides is 1. The van der Waals surface area contributed by atoms with Crippen LogP contribution >= 0.6 is 11.3 Å². The summed E-state index contributed by atoms with van der Waals surface area (Å²) in [4.78, 5) is 40.8. The summed E-state index contributed by atoms with van der Waals surface area (Å²) >= 11 is 1.32. The summed E-state index contributed by atoms with van der Waals surface area (Å²) in [5.41, 5.74) is 1.04. The number of carboxylic acids is 1. The summed E-state index contributed by atoms with van der Waals surface area (Å²) in [6.45, 7) is 1.55. The van der Waals surface area contributed by atoms with Gasteiger partial charge in [-0.3, -0.25) is 9.59 Å². The molecule has 4 aromatic rings. The topological polar surface area (TPSA) is 114 Å². The largest absolute Gasteiger partial charge is 0.476 e. The summed E-state index contributed by atoms with van der Waals surface area (Å²) in [6.07, 6.45) is 0. The summed E-state index contributed by atoms with van der Waals surface area (Å²) in [5.74, 6) is -1.79. The minimum absolute atomic E-state index is 0.193. The Morgan fingerprint density at radius 2 is 1.93 bits per heavy atom. The van der Waals surface area contributed by atoms with Gasteiger partial charge in [0.25, 0.3) is 5.56 Å². The monoisotopic (exact) mass is 394 g/mol. The highest BCUT2D eigenvalue weighted by molar-refractivity contribution is 7.22. The minimum Gasteiger partial charge on any atom is -0.476 e. The van der Waals surface area contributed by atoms with Gasteiger partial charge in [0.1, 0.15) is 6.54 Å². The zero-order chi connectivity index (χ0) is 19.8. The van der Waals surface area contributed by atoms with Crippen LogP contribution in [0.25, 0.3) is 21.0 Å². The molecular formula is C19H14N4O4S. The van der Waals surface area contributed by atoms with E-state index in [1.54, 1.807) is 12.1 Å². The Hall–Kier alpha value is -3.59. The molecule has 0 fully saturated rings. The van der Waals surface area contributed by atoms with Crippen LogP contribution in [0.5, 0.6) is 0 Å². The molecule has 0 spiro atoms. The van der Waals surface area contributed by atoms with Gasteiger partial charge in [0.15, 0.2) is 10.8 Å². The molecule has 2 N–H and O–H groups in total. The van der Waals surface area contributed by atoms with Crippen molar-refractivity contribution in [1.82, 2.24) is 14.8 Å². The van der Waals surface area contributed by atoms with Gasteiger partial charge in [-0.05, 0) is 30.7 Å². The van der Waals surface area contributed by atoms with E-state index in [0.29, 0.717) is 5.13 Å². The van der Waals surface area contributed by atoms with Crippen molar-refractivity contribution in [3.63, 3.8) is 0 Å². The maximum atomic E-state index is 12.6. The lowest BCUT2D eigenvalue weighted by Gasteiger charge is -2.08. The van der Waals surface area contributed by atoms with Gasteiger partial charge >= 0.3 is 5.97 Å². The maximum Gasteiger partial charge on any atom is 0.357 e.